The summed E-state index contributed by atoms with van der Waals surface area (Å²) in [6, 6.07) is 6.27. The van der Waals surface area contributed by atoms with Crippen LogP contribution in [-0.2, 0) is 14.0 Å². The lowest BCUT2D eigenvalue weighted by Crippen LogP contribution is -2.41. The second kappa shape index (κ2) is 5.83. The summed E-state index contributed by atoms with van der Waals surface area (Å²) in [7, 11) is -0.344. The van der Waals surface area contributed by atoms with Gasteiger partial charge in [0, 0.05) is 17.7 Å². The number of rotatable bonds is 2. The van der Waals surface area contributed by atoms with Crippen LogP contribution in [0.3, 0.4) is 0 Å². The van der Waals surface area contributed by atoms with Gasteiger partial charge in [0.25, 0.3) is 0 Å². The molecule has 0 amide bonds. The normalized spacial score (nSPS) is 25.6. The lowest BCUT2D eigenvalue weighted by Gasteiger charge is -2.32. The molecule has 1 atom stereocenters. The van der Waals surface area contributed by atoms with Crippen molar-refractivity contribution in [2.24, 2.45) is 0 Å². The van der Waals surface area contributed by atoms with Crippen molar-refractivity contribution in [2.75, 3.05) is 6.61 Å². The van der Waals surface area contributed by atoms with Crippen LogP contribution in [0, 0.1) is 6.92 Å². The Morgan fingerprint density at radius 1 is 1.12 bits per heavy atom. The topological polar surface area (TPSA) is 45.5 Å². The highest BCUT2D eigenvalue weighted by Gasteiger charge is 2.51. The third-order valence-electron chi connectivity index (χ3n) is 5.92. The summed E-state index contributed by atoms with van der Waals surface area (Å²) >= 11 is 0. The Morgan fingerprint density at radius 3 is 2.48 bits per heavy atom. The van der Waals surface area contributed by atoms with Crippen molar-refractivity contribution in [3.63, 3.8) is 0 Å². The maximum atomic E-state index is 6.19. The molecule has 5 nitrogen and oxygen atoms in total. The molecule has 0 saturated carbocycles. The minimum absolute atomic E-state index is 0.0569. The fraction of sp³-hybridized carbons (Fsp3) is 0.632. The van der Waals surface area contributed by atoms with Crippen LogP contribution in [-0.4, -0.2) is 34.7 Å². The second-order valence-electron chi connectivity index (χ2n) is 8.22. The minimum Gasteiger partial charge on any atom is -0.399 e. The van der Waals surface area contributed by atoms with Gasteiger partial charge in [-0.05, 0) is 65.4 Å². The van der Waals surface area contributed by atoms with Crippen LogP contribution in [0.4, 0.5) is 0 Å². The lowest BCUT2D eigenvalue weighted by molar-refractivity contribution is -0.0402. The van der Waals surface area contributed by atoms with Crippen LogP contribution in [0.1, 0.15) is 58.9 Å². The Bertz CT molecular complexity index is 777. The van der Waals surface area contributed by atoms with Crippen LogP contribution in [0.25, 0.3) is 10.9 Å². The molecule has 0 spiro atoms. The Labute approximate surface area is 149 Å². The van der Waals surface area contributed by atoms with Crippen LogP contribution < -0.4 is 5.46 Å². The van der Waals surface area contributed by atoms with Crippen molar-refractivity contribution in [2.45, 2.75) is 71.3 Å². The van der Waals surface area contributed by atoms with E-state index in [0.29, 0.717) is 0 Å². The van der Waals surface area contributed by atoms with Crippen molar-refractivity contribution < 1.29 is 14.0 Å². The maximum absolute atomic E-state index is 6.19. The van der Waals surface area contributed by atoms with E-state index in [1.54, 1.807) is 0 Å². The van der Waals surface area contributed by atoms with E-state index in [1.165, 1.54) is 6.42 Å². The first-order valence-electron chi connectivity index (χ1n) is 9.24. The first-order valence-corrected chi connectivity index (χ1v) is 9.24. The van der Waals surface area contributed by atoms with E-state index in [0.717, 1.165) is 41.5 Å². The summed E-state index contributed by atoms with van der Waals surface area (Å²) < 4.78 is 20.3. The number of nitrogens with zero attached hydrogens (tertiary/aromatic N) is 2. The third kappa shape index (κ3) is 2.80. The van der Waals surface area contributed by atoms with Crippen molar-refractivity contribution >= 4 is 23.5 Å². The van der Waals surface area contributed by atoms with Crippen molar-refractivity contribution in [1.29, 1.82) is 0 Å². The fourth-order valence-electron chi connectivity index (χ4n) is 3.57. The van der Waals surface area contributed by atoms with Crippen molar-refractivity contribution in [1.82, 2.24) is 9.78 Å². The number of aryl methyl sites for hydroxylation is 1. The molecule has 2 fully saturated rings. The zero-order valence-electron chi connectivity index (χ0n) is 15.8. The highest BCUT2D eigenvalue weighted by Crippen LogP contribution is 2.36. The molecule has 0 aliphatic carbocycles. The average molecular weight is 342 g/mol. The summed E-state index contributed by atoms with van der Waals surface area (Å²) in [5, 5.41) is 5.91. The standard InChI is InChI=1S/C19H27BN2O3/c1-13-15-12-14(20-24-18(2,3)19(4,5)25-20)9-10-16(15)21-22(13)17-8-6-7-11-23-17/h9-10,12,17H,6-8,11H2,1-5H3. The molecule has 0 N–H and O–H groups in total. The number of fused-ring (bicyclic) bond motifs is 1. The average Bonchev–Trinajstić information content (AvgIpc) is 3.01. The number of aromatic nitrogens is 2. The van der Waals surface area contributed by atoms with E-state index < -0.39 is 0 Å². The van der Waals surface area contributed by atoms with Crippen LogP contribution in [0.5, 0.6) is 0 Å². The first-order chi connectivity index (χ1) is 11.8. The molecule has 134 valence electrons. The smallest absolute Gasteiger partial charge is 0.399 e. The van der Waals surface area contributed by atoms with E-state index in [4.69, 9.17) is 19.1 Å². The molecule has 1 aromatic carbocycles. The summed E-state index contributed by atoms with van der Waals surface area (Å²) in [5.41, 5.74) is 2.51. The van der Waals surface area contributed by atoms with Gasteiger partial charge >= 0.3 is 7.12 Å². The van der Waals surface area contributed by atoms with Gasteiger partial charge in [-0.2, -0.15) is 5.10 Å². The zero-order valence-corrected chi connectivity index (χ0v) is 15.8. The zero-order chi connectivity index (χ0) is 17.8. The Balaban J connectivity index is 1.68. The van der Waals surface area contributed by atoms with E-state index in [9.17, 15) is 0 Å². The number of hydrogen-bond acceptors (Lipinski definition) is 4. The summed E-state index contributed by atoms with van der Waals surface area (Å²) in [6.07, 6.45) is 3.42. The molecular formula is C19H27BN2O3. The van der Waals surface area contributed by atoms with E-state index in [1.807, 2.05) is 4.68 Å². The summed E-state index contributed by atoms with van der Waals surface area (Å²) in [6.45, 7) is 11.2. The molecule has 0 radical (unpaired) electrons. The largest absolute Gasteiger partial charge is 0.494 e. The molecule has 2 saturated heterocycles. The SMILES string of the molecule is Cc1c2cc(B3OC(C)(C)C(C)(C)O3)ccc2nn1C1CCCCO1. The fourth-order valence-corrected chi connectivity index (χ4v) is 3.57. The first kappa shape index (κ1) is 17.1. The molecule has 0 bridgehead atoms. The van der Waals surface area contributed by atoms with Gasteiger partial charge in [0.2, 0.25) is 0 Å². The molecule has 1 aromatic heterocycles. The molecule has 6 heteroatoms. The van der Waals surface area contributed by atoms with Crippen molar-refractivity contribution in [3.05, 3.63) is 23.9 Å². The van der Waals surface area contributed by atoms with Crippen LogP contribution in [0.2, 0.25) is 0 Å². The molecule has 1 unspecified atom stereocenters. The van der Waals surface area contributed by atoms with E-state index >= 15 is 0 Å². The summed E-state index contributed by atoms with van der Waals surface area (Å²) in [4.78, 5) is 0. The Kier molecular flexibility index (Phi) is 3.98. The predicted octanol–water partition coefficient (Wildman–Crippen LogP) is 3.34. The minimum atomic E-state index is -0.344. The molecule has 3 heterocycles. The number of ether oxygens (including phenoxy) is 1. The molecule has 2 aliphatic rings. The highest BCUT2D eigenvalue weighted by molar-refractivity contribution is 6.62. The molecule has 2 aliphatic heterocycles. The van der Waals surface area contributed by atoms with E-state index in [-0.39, 0.29) is 24.5 Å². The molecular weight excluding hydrogens is 315 g/mol. The summed E-state index contributed by atoms with van der Waals surface area (Å²) in [5.74, 6) is 0. The quantitative estimate of drug-likeness (QED) is 0.786. The van der Waals surface area contributed by atoms with Crippen LogP contribution in [0.15, 0.2) is 18.2 Å². The second-order valence-corrected chi connectivity index (χ2v) is 8.22. The maximum Gasteiger partial charge on any atom is 0.494 e. The van der Waals surface area contributed by atoms with Gasteiger partial charge in [-0.3, -0.25) is 0 Å². The van der Waals surface area contributed by atoms with Gasteiger partial charge in [0.15, 0.2) is 0 Å². The van der Waals surface area contributed by atoms with Gasteiger partial charge in [-0.15, -0.1) is 0 Å². The predicted molar refractivity (Wildman–Crippen MR) is 99.0 cm³/mol. The third-order valence-corrected chi connectivity index (χ3v) is 5.92. The highest BCUT2D eigenvalue weighted by atomic mass is 16.7. The van der Waals surface area contributed by atoms with Gasteiger partial charge in [0.05, 0.1) is 16.7 Å². The Hall–Kier alpha value is -1.37. The number of benzene rings is 1. The van der Waals surface area contributed by atoms with Gasteiger partial charge in [-0.1, -0.05) is 12.1 Å². The van der Waals surface area contributed by atoms with Gasteiger partial charge < -0.3 is 14.0 Å². The lowest BCUT2D eigenvalue weighted by atomic mass is 9.78. The Morgan fingerprint density at radius 2 is 1.84 bits per heavy atom. The van der Waals surface area contributed by atoms with Crippen LogP contribution >= 0.6 is 0 Å². The molecule has 4 rings (SSSR count). The van der Waals surface area contributed by atoms with Crippen molar-refractivity contribution in [3.8, 4) is 0 Å². The van der Waals surface area contributed by atoms with E-state index in [2.05, 4.69) is 52.8 Å². The number of hydrogen-bond donors (Lipinski definition) is 0. The molecule has 2 aromatic rings. The van der Waals surface area contributed by atoms with Gasteiger partial charge in [-0.25, -0.2) is 4.68 Å². The molecule has 25 heavy (non-hydrogen) atoms. The monoisotopic (exact) mass is 342 g/mol. The van der Waals surface area contributed by atoms with Gasteiger partial charge in [0.1, 0.15) is 6.23 Å².